The van der Waals surface area contributed by atoms with Crippen molar-refractivity contribution in [2.75, 3.05) is 5.73 Å². The van der Waals surface area contributed by atoms with Crippen LogP contribution in [0.3, 0.4) is 0 Å². The first kappa shape index (κ1) is 12.4. The van der Waals surface area contributed by atoms with Gasteiger partial charge in [0.25, 0.3) is 0 Å². The third-order valence-corrected chi connectivity index (χ3v) is 4.74. The average molecular weight is 335 g/mol. The molecule has 0 bridgehead atoms. The number of hydrogen-bond donors (Lipinski definition) is 1. The highest BCUT2D eigenvalue weighted by atomic mass is 79.9. The highest BCUT2D eigenvalue weighted by Gasteiger charge is 2.20. The summed E-state index contributed by atoms with van der Waals surface area (Å²) >= 11 is 5.15. The van der Waals surface area contributed by atoms with Crippen molar-refractivity contribution in [2.24, 2.45) is 0 Å². The van der Waals surface area contributed by atoms with E-state index in [9.17, 15) is 0 Å². The van der Waals surface area contributed by atoms with Crippen LogP contribution in [0.5, 0.6) is 0 Å². The second kappa shape index (κ2) is 4.83. The Hall–Kier alpha value is -1.59. The fourth-order valence-corrected chi connectivity index (χ4v) is 3.14. The van der Waals surface area contributed by atoms with E-state index in [0.717, 1.165) is 31.8 Å². The predicted octanol–water partition coefficient (Wildman–Crippen LogP) is 4.72. The highest BCUT2D eigenvalue weighted by Crippen LogP contribution is 2.40. The van der Waals surface area contributed by atoms with Crippen molar-refractivity contribution in [1.29, 1.82) is 0 Å². The van der Waals surface area contributed by atoms with Crippen molar-refractivity contribution >= 4 is 33.1 Å². The average Bonchev–Trinajstić information content (AvgIpc) is 3.02. The number of nitrogens with two attached hydrogens (primary N) is 1. The standard InChI is InChI=1S/C14H11BrN2OS/c1-8-9(4-2-5-10(8)15)13-12(14(16)17-18-13)11-6-3-7-19-11/h2-7H,1H3,(H2,16,17). The van der Waals surface area contributed by atoms with E-state index in [2.05, 4.69) is 21.1 Å². The van der Waals surface area contributed by atoms with Gasteiger partial charge in [0.1, 0.15) is 0 Å². The van der Waals surface area contributed by atoms with Gasteiger partial charge in [0, 0.05) is 14.9 Å². The SMILES string of the molecule is Cc1c(Br)cccc1-c1onc(N)c1-c1cccs1. The van der Waals surface area contributed by atoms with Crippen LogP contribution in [-0.2, 0) is 0 Å². The number of thiophene rings is 1. The first-order valence-electron chi connectivity index (χ1n) is 5.73. The van der Waals surface area contributed by atoms with Gasteiger partial charge >= 0.3 is 0 Å². The maximum absolute atomic E-state index is 5.95. The van der Waals surface area contributed by atoms with Crippen LogP contribution < -0.4 is 5.73 Å². The molecule has 19 heavy (non-hydrogen) atoms. The monoisotopic (exact) mass is 334 g/mol. The van der Waals surface area contributed by atoms with Crippen LogP contribution in [0.4, 0.5) is 5.82 Å². The van der Waals surface area contributed by atoms with E-state index >= 15 is 0 Å². The largest absolute Gasteiger partial charge is 0.380 e. The minimum absolute atomic E-state index is 0.428. The summed E-state index contributed by atoms with van der Waals surface area (Å²) in [6.07, 6.45) is 0. The number of aromatic nitrogens is 1. The number of halogens is 1. The first-order valence-corrected chi connectivity index (χ1v) is 7.40. The van der Waals surface area contributed by atoms with E-state index in [0.29, 0.717) is 5.82 Å². The topological polar surface area (TPSA) is 52.0 Å². The molecule has 0 aliphatic rings. The molecule has 0 atom stereocenters. The maximum atomic E-state index is 5.95. The van der Waals surface area contributed by atoms with Crippen molar-refractivity contribution < 1.29 is 4.52 Å². The maximum Gasteiger partial charge on any atom is 0.178 e. The predicted molar refractivity (Wildman–Crippen MR) is 82.1 cm³/mol. The molecule has 0 radical (unpaired) electrons. The van der Waals surface area contributed by atoms with Crippen LogP contribution in [0.25, 0.3) is 21.8 Å². The molecule has 0 saturated heterocycles. The zero-order valence-corrected chi connectivity index (χ0v) is 12.6. The van der Waals surface area contributed by atoms with E-state index in [1.54, 1.807) is 11.3 Å². The zero-order chi connectivity index (χ0) is 13.4. The van der Waals surface area contributed by atoms with E-state index < -0.39 is 0 Å². The van der Waals surface area contributed by atoms with Gasteiger partial charge in [-0.15, -0.1) is 11.3 Å². The van der Waals surface area contributed by atoms with Crippen LogP contribution in [-0.4, -0.2) is 5.16 Å². The summed E-state index contributed by atoms with van der Waals surface area (Å²) in [7, 11) is 0. The molecule has 0 spiro atoms. The smallest absolute Gasteiger partial charge is 0.178 e. The van der Waals surface area contributed by atoms with Crippen LogP contribution >= 0.6 is 27.3 Å². The number of nitrogens with zero attached hydrogens (tertiary/aromatic N) is 1. The fraction of sp³-hybridized carbons (Fsp3) is 0.0714. The van der Waals surface area contributed by atoms with E-state index in [-0.39, 0.29) is 0 Å². The molecule has 2 N–H and O–H groups in total. The molecule has 0 saturated carbocycles. The Morgan fingerprint density at radius 3 is 2.84 bits per heavy atom. The Bertz CT molecular complexity index is 719. The molecule has 3 rings (SSSR count). The Morgan fingerprint density at radius 2 is 2.11 bits per heavy atom. The second-order valence-electron chi connectivity index (χ2n) is 4.16. The van der Waals surface area contributed by atoms with Crippen LogP contribution in [0.2, 0.25) is 0 Å². The van der Waals surface area contributed by atoms with Crippen molar-refractivity contribution in [3.05, 3.63) is 45.7 Å². The minimum atomic E-state index is 0.428. The number of benzene rings is 1. The minimum Gasteiger partial charge on any atom is -0.380 e. The van der Waals surface area contributed by atoms with Gasteiger partial charge in [0.05, 0.1) is 5.56 Å². The summed E-state index contributed by atoms with van der Waals surface area (Å²) in [4.78, 5) is 1.06. The quantitative estimate of drug-likeness (QED) is 0.737. The van der Waals surface area contributed by atoms with Gasteiger partial charge in [-0.1, -0.05) is 39.3 Å². The van der Waals surface area contributed by atoms with Crippen LogP contribution in [0, 0.1) is 6.92 Å². The lowest BCUT2D eigenvalue weighted by Crippen LogP contribution is -1.88. The molecular weight excluding hydrogens is 324 g/mol. The molecule has 1 aromatic carbocycles. The lowest BCUT2D eigenvalue weighted by atomic mass is 10.0. The molecule has 0 unspecified atom stereocenters. The van der Waals surface area contributed by atoms with Gasteiger partial charge in [-0.25, -0.2) is 0 Å². The molecule has 3 nitrogen and oxygen atoms in total. The lowest BCUT2D eigenvalue weighted by Gasteiger charge is -2.05. The number of hydrogen-bond acceptors (Lipinski definition) is 4. The van der Waals surface area contributed by atoms with Crippen LogP contribution in [0.1, 0.15) is 5.56 Å². The number of rotatable bonds is 2. The fourth-order valence-electron chi connectivity index (χ4n) is 2.00. The van der Waals surface area contributed by atoms with Gasteiger partial charge in [-0.2, -0.15) is 0 Å². The van der Waals surface area contributed by atoms with Gasteiger partial charge in [0.15, 0.2) is 11.6 Å². The molecule has 5 heteroatoms. The Labute approximate surface area is 123 Å². The second-order valence-corrected chi connectivity index (χ2v) is 5.96. The highest BCUT2D eigenvalue weighted by molar-refractivity contribution is 9.10. The molecule has 3 aromatic rings. The lowest BCUT2D eigenvalue weighted by molar-refractivity contribution is 0.436. The summed E-state index contributed by atoms with van der Waals surface area (Å²) in [5.74, 6) is 1.15. The van der Waals surface area contributed by atoms with Crippen molar-refractivity contribution in [3.63, 3.8) is 0 Å². The summed E-state index contributed by atoms with van der Waals surface area (Å²) in [5, 5.41) is 5.93. The number of anilines is 1. The van der Waals surface area contributed by atoms with Gasteiger partial charge in [-0.05, 0) is 30.0 Å². The summed E-state index contributed by atoms with van der Waals surface area (Å²) in [6.45, 7) is 2.04. The van der Waals surface area contributed by atoms with Gasteiger partial charge in [0.2, 0.25) is 0 Å². The third kappa shape index (κ3) is 2.09. The molecule has 2 aromatic heterocycles. The molecule has 0 aliphatic heterocycles. The molecule has 96 valence electrons. The van der Waals surface area contributed by atoms with E-state index in [4.69, 9.17) is 10.3 Å². The van der Waals surface area contributed by atoms with Crippen molar-refractivity contribution in [1.82, 2.24) is 5.16 Å². The Balaban J connectivity index is 2.25. The van der Waals surface area contributed by atoms with Crippen molar-refractivity contribution in [2.45, 2.75) is 6.92 Å². The van der Waals surface area contributed by atoms with E-state index in [1.807, 2.05) is 42.6 Å². The first-order chi connectivity index (χ1) is 9.18. The normalized spacial score (nSPS) is 10.8. The zero-order valence-electron chi connectivity index (χ0n) is 10.2. The Kier molecular flexibility index (Phi) is 3.16. The third-order valence-electron chi connectivity index (χ3n) is 3.00. The van der Waals surface area contributed by atoms with Crippen LogP contribution in [0.15, 0.2) is 44.7 Å². The van der Waals surface area contributed by atoms with Crippen molar-refractivity contribution in [3.8, 4) is 21.8 Å². The molecular formula is C14H11BrN2OS. The summed E-state index contributed by atoms with van der Waals surface area (Å²) in [5.41, 5.74) is 8.93. The number of nitrogen functional groups attached to an aromatic ring is 1. The summed E-state index contributed by atoms with van der Waals surface area (Å²) in [6, 6.07) is 10.00. The molecule has 0 aliphatic carbocycles. The molecule has 2 heterocycles. The molecule has 0 amide bonds. The Morgan fingerprint density at radius 1 is 1.26 bits per heavy atom. The summed E-state index contributed by atoms with van der Waals surface area (Å²) < 4.78 is 6.49. The van der Waals surface area contributed by atoms with E-state index in [1.165, 1.54) is 0 Å². The van der Waals surface area contributed by atoms with Gasteiger partial charge < -0.3 is 10.3 Å². The van der Waals surface area contributed by atoms with Gasteiger partial charge in [-0.3, -0.25) is 0 Å². The molecule has 0 fully saturated rings.